The molecule has 3 atom stereocenters. The predicted octanol–water partition coefficient (Wildman–Crippen LogP) is 5.35. The zero-order chi connectivity index (χ0) is 19.7. The van der Waals surface area contributed by atoms with Gasteiger partial charge in [0, 0.05) is 22.6 Å². The van der Waals surface area contributed by atoms with E-state index in [-0.39, 0.29) is 12.0 Å². The maximum absolute atomic E-state index is 12.6. The van der Waals surface area contributed by atoms with Gasteiger partial charge in [-0.05, 0) is 60.2 Å². The molecule has 0 saturated heterocycles. The number of anilines is 1. The van der Waals surface area contributed by atoms with Gasteiger partial charge in [-0.3, -0.25) is 0 Å². The molecule has 0 radical (unpaired) electrons. The highest BCUT2D eigenvalue weighted by molar-refractivity contribution is 9.10. The van der Waals surface area contributed by atoms with Gasteiger partial charge in [0.2, 0.25) is 10.0 Å². The zero-order valence-electron chi connectivity index (χ0n) is 15.9. The molecule has 6 heteroatoms. The summed E-state index contributed by atoms with van der Waals surface area (Å²) in [7, 11) is -3.47. The lowest BCUT2D eigenvalue weighted by Crippen LogP contribution is -2.30. The molecule has 0 bridgehead atoms. The number of fused-ring (bicyclic) bond motifs is 3. The number of sulfonamides is 1. The van der Waals surface area contributed by atoms with Crippen LogP contribution < -0.4 is 10.0 Å². The van der Waals surface area contributed by atoms with Gasteiger partial charge in [-0.2, -0.15) is 0 Å². The zero-order valence-corrected chi connectivity index (χ0v) is 18.3. The fraction of sp³-hybridized carbons (Fsp3) is 0.364. The van der Waals surface area contributed by atoms with Crippen molar-refractivity contribution in [2.24, 2.45) is 5.92 Å². The summed E-state index contributed by atoms with van der Waals surface area (Å²) >= 11 is 3.50. The van der Waals surface area contributed by atoms with Crippen LogP contribution in [0, 0.1) is 5.92 Å². The summed E-state index contributed by atoms with van der Waals surface area (Å²) in [5.74, 6) is 0.621. The number of halogens is 1. The van der Waals surface area contributed by atoms with Crippen LogP contribution in [0.5, 0.6) is 0 Å². The molecule has 2 aromatic carbocycles. The van der Waals surface area contributed by atoms with Crippen LogP contribution in [0.15, 0.2) is 64.0 Å². The van der Waals surface area contributed by atoms with Crippen LogP contribution in [0.3, 0.4) is 0 Å². The minimum atomic E-state index is -3.47. The molecular formula is C22H25BrN2O2S. The Hall–Kier alpha value is -1.63. The Morgan fingerprint density at radius 1 is 1.18 bits per heavy atom. The van der Waals surface area contributed by atoms with Crippen LogP contribution >= 0.6 is 15.9 Å². The summed E-state index contributed by atoms with van der Waals surface area (Å²) in [6.45, 7) is 2.53. The first-order chi connectivity index (χ1) is 13.5. The molecule has 0 fully saturated rings. The van der Waals surface area contributed by atoms with Gasteiger partial charge in [-0.25, -0.2) is 13.1 Å². The highest BCUT2D eigenvalue weighted by Gasteiger charge is 2.38. The number of hydrogen-bond donors (Lipinski definition) is 2. The molecule has 28 heavy (non-hydrogen) atoms. The lowest BCUT2D eigenvalue weighted by molar-refractivity contribution is 0.425. The minimum Gasteiger partial charge on any atom is -0.378 e. The second-order valence-corrected chi connectivity index (χ2v) is 10.2. The van der Waals surface area contributed by atoms with Crippen molar-refractivity contribution in [3.05, 3.63) is 70.2 Å². The molecule has 1 heterocycles. The fourth-order valence-corrected chi connectivity index (χ4v) is 5.58. The lowest BCUT2D eigenvalue weighted by atomic mass is 9.77. The molecule has 2 aromatic rings. The highest BCUT2D eigenvalue weighted by atomic mass is 79.9. The van der Waals surface area contributed by atoms with Crippen LogP contribution in [0.1, 0.15) is 49.3 Å². The summed E-state index contributed by atoms with van der Waals surface area (Å²) in [6, 6.07) is 14.1. The van der Waals surface area contributed by atoms with Gasteiger partial charge in [0.1, 0.15) is 0 Å². The van der Waals surface area contributed by atoms with Gasteiger partial charge in [0.05, 0.1) is 10.9 Å². The molecule has 4 nitrogen and oxygen atoms in total. The number of unbranched alkanes of at least 4 members (excludes halogenated alkanes) is 1. The van der Waals surface area contributed by atoms with Crippen molar-refractivity contribution in [2.75, 3.05) is 11.9 Å². The molecule has 0 aromatic heterocycles. The topological polar surface area (TPSA) is 58.2 Å². The monoisotopic (exact) mass is 460 g/mol. The van der Waals surface area contributed by atoms with E-state index in [9.17, 15) is 8.42 Å². The Morgan fingerprint density at radius 2 is 1.96 bits per heavy atom. The molecule has 0 amide bonds. The molecule has 0 unspecified atom stereocenters. The predicted molar refractivity (Wildman–Crippen MR) is 117 cm³/mol. The first kappa shape index (κ1) is 19.7. The standard InChI is InChI=1S/C22H25BrN2O2S/c1-2-3-13-24-28(26,27)17-11-12-21-20(14-17)18-5-4-6-19(18)22(25-21)15-7-9-16(23)10-8-15/h4-5,7-12,14,18-19,22,24-25H,2-3,6,13H2,1H3/t18-,19+,22+/m0/s1. The van der Waals surface area contributed by atoms with Gasteiger partial charge in [0.25, 0.3) is 0 Å². The molecule has 0 spiro atoms. The SMILES string of the molecule is CCCCNS(=O)(=O)c1ccc2c(c1)[C@H]1C=CC[C@H]1[C@@H](c1ccc(Br)cc1)N2. The first-order valence-electron chi connectivity index (χ1n) is 9.82. The van der Waals surface area contributed by atoms with E-state index < -0.39 is 10.0 Å². The fourth-order valence-electron chi connectivity index (χ4n) is 4.21. The van der Waals surface area contributed by atoms with E-state index in [1.165, 1.54) is 5.56 Å². The number of allylic oxidation sites excluding steroid dienone is 2. The van der Waals surface area contributed by atoms with Crippen LogP contribution in [0.25, 0.3) is 0 Å². The minimum absolute atomic E-state index is 0.214. The summed E-state index contributed by atoms with van der Waals surface area (Å²) in [5.41, 5.74) is 3.35. The third kappa shape index (κ3) is 3.78. The number of nitrogens with one attached hydrogen (secondary N) is 2. The first-order valence-corrected chi connectivity index (χ1v) is 12.1. The van der Waals surface area contributed by atoms with E-state index in [0.29, 0.717) is 17.4 Å². The third-order valence-electron chi connectivity index (χ3n) is 5.70. The molecule has 0 saturated carbocycles. The van der Waals surface area contributed by atoms with E-state index in [4.69, 9.17) is 0 Å². The van der Waals surface area contributed by atoms with Gasteiger partial charge < -0.3 is 5.32 Å². The normalized spacial score (nSPS) is 23.1. The largest absolute Gasteiger partial charge is 0.378 e. The van der Waals surface area contributed by atoms with Crippen LogP contribution in [0.4, 0.5) is 5.69 Å². The maximum Gasteiger partial charge on any atom is 0.240 e. The Bertz CT molecular complexity index is 986. The van der Waals surface area contributed by atoms with Crippen molar-refractivity contribution in [3.63, 3.8) is 0 Å². The van der Waals surface area contributed by atoms with Crippen LogP contribution in [-0.4, -0.2) is 15.0 Å². The molecule has 1 aliphatic carbocycles. The third-order valence-corrected chi connectivity index (χ3v) is 7.68. The van der Waals surface area contributed by atoms with E-state index in [2.05, 4.69) is 62.4 Å². The second-order valence-electron chi connectivity index (χ2n) is 7.53. The average Bonchev–Trinajstić information content (AvgIpc) is 3.18. The molecule has 2 N–H and O–H groups in total. The van der Waals surface area contributed by atoms with Crippen molar-refractivity contribution >= 4 is 31.6 Å². The molecule has 148 valence electrons. The van der Waals surface area contributed by atoms with Crippen molar-refractivity contribution in [3.8, 4) is 0 Å². The van der Waals surface area contributed by atoms with E-state index in [1.54, 1.807) is 6.07 Å². The van der Waals surface area contributed by atoms with E-state index in [1.807, 2.05) is 19.1 Å². The van der Waals surface area contributed by atoms with Crippen molar-refractivity contribution in [1.82, 2.24) is 4.72 Å². The summed E-state index contributed by atoms with van der Waals surface area (Å²) < 4.78 is 29.1. The second kappa shape index (κ2) is 8.01. The molecular weight excluding hydrogens is 436 g/mol. The van der Waals surface area contributed by atoms with Crippen LogP contribution in [-0.2, 0) is 10.0 Å². The molecule has 1 aliphatic heterocycles. The molecule has 4 rings (SSSR count). The number of benzene rings is 2. The Kier molecular flexibility index (Phi) is 5.63. The van der Waals surface area contributed by atoms with Crippen LogP contribution in [0.2, 0.25) is 0 Å². The van der Waals surface area contributed by atoms with E-state index in [0.717, 1.165) is 35.0 Å². The van der Waals surface area contributed by atoms with Gasteiger partial charge in [-0.15, -0.1) is 0 Å². The van der Waals surface area contributed by atoms with Crippen molar-refractivity contribution in [1.29, 1.82) is 0 Å². The number of hydrogen-bond acceptors (Lipinski definition) is 3. The Morgan fingerprint density at radius 3 is 2.71 bits per heavy atom. The van der Waals surface area contributed by atoms with Gasteiger partial charge in [-0.1, -0.05) is 53.6 Å². The summed E-state index contributed by atoms with van der Waals surface area (Å²) in [5, 5.41) is 3.66. The van der Waals surface area contributed by atoms with Crippen molar-refractivity contribution < 1.29 is 8.42 Å². The lowest BCUT2D eigenvalue weighted by Gasteiger charge is -2.37. The quantitative estimate of drug-likeness (QED) is 0.450. The summed E-state index contributed by atoms with van der Waals surface area (Å²) in [6.07, 6.45) is 7.25. The average molecular weight is 461 g/mol. The Labute approximate surface area is 175 Å². The summed E-state index contributed by atoms with van der Waals surface area (Å²) in [4.78, 5) is 0.352. The maximum atomic E-state index is 12.6. The van der Waals surface area contributed by atoms with Gasteiger partial charge >= 0.3 is 0 Å². The van der Waals surface area contributed by atoms with E-state index >= 15 is 0 Å². The van der Waals surface area contributed by atoms with Crippen molar-refractivity contribution in [2.45, 2.75) is 43.0 Å². The molecule has 2 aliphatic rings. The highest BCUT2D eigenvalue weighted by Crippen LogP contribution is 2.50. The number of rotatable bonds is 6. The Balaban J connectivity index is 1.66. The van der Waals surface area contributed by atoms with Gasteiger partial charge in [0.15, 0.2) is 0 Å². The smallest absolute Gasteiger partial charge is 0.240 e.